The van der Waals surface area contributed by atoms with Crippen LogP contribution in [0, 0.1) is 19.8 Å². The molecule has 25 heavy (non-hydrogen) atoms. The second kappa shape index (κ2) is 8.01. The molecule has 134 valence electrons. The Labute approximate surface area is 148 Å². The van der Waals surface area contributed by atoms with E-state index in [0.29, 0.717) is 29.6 Å². The van der Waals surface area contributed by atoms with Crippen LogP contribution in [0.3, 0.4) is 0 Å². The fraction of sp³-hybridized carbons (Fsp3) is 0.400. The highest BCUT2D eigenvalue weighted by molar-refractivity contribution is 5.96. The van der Waals surface area contributed by atoms with Gasteiger partial charge in [0.05, 0.1) is 20.3 Å². The fourth-order valence-electron chi connectivity index (χ4n) is 2.59. The van der Waals surface area contributed by atoms with E-state index in [0.717, 1.165) is 11.4 Å². The molecular weight excluding hydrogens is 318 g/mol. The van der Waals surface area contributed by atoms with Gasteiger partial charge in [0.1, 0.15) is 0 Å². The minimum atomic E-state index is -0.0492. The summed E-state index contributed by atoms with van der Waals surface area (Å²) in [6.45, 7) is 8.49. The number of nitrogens with zero attached hydrogens (tertiary/aromatic N) is 1. The van der Waals surface area contributed by atoms with Crippen molar-refractivity contribution < 1.29 is 14.3 Å². The molecule has 0 aliphatic carbocycles. The molecule has 1 aromatic carbocycles. The first kappa shape index (κ1) is 18.8. The van der Waals surface area contributed by atoms with Crippen LogP contribution < -0.4 is 14.9 Å². The van der Waals surface area contributed by atoms with Crippen molar-refractivity contribution in [3.63, 3.8) is 0 Å². The van der Waals surface area contributed by atoms with E-state index >= 15 is 0 Å². The van der Waals surface area contributed by atoms with Gasteiger partial charge in [-0.15, -0.1) is 0 Å². The minimum absolute atomic E-state index is 0.0486. The largest absolute Gasteiger partial charge is 0.493 e. The van der Waals surface area contributed by atoms with Crippen LogP contribution in [-0.4, -0.2) is 24.1 Å². The molecule has 5 nitrogen and oxygen atoms in total. The molecule has 0 saturated carbocycles. The van der Waals surface area contributed by atoms with E-state index in [1.807, 2.05) is 18.4 Å². The number of carbonyl (C=O) groups is 1. The lowest BCUT2D eigenvalue weighted by Crippen LogP contribution is -2.18. The van der Waals surface area contributed by atoms with Gasteiger partial charge in [-0.3, -0.25) is 9.59 Å². The molecule has 0 amide bonds. The zero-order valence-electron chi connectivity index (χ0n) is 15.5. The Balaban J connectivity index is 2.27. The number of pyridine rings is 1. The maximum atomic E-state index is 12.7. The highest BCUT2D eigenvalue weighted by Gasteiger charge is 2.14. The number of methoxy groups -OCH3 is 1. The molecule has 0 unspecified atom stereocenters. The van der Waals surface area contributed by atoms with Crippen molar-refractivity contribution in [3.8, 4) is 11.5 Å². The lowest BCUT2D eigenvalue weighted by atomic mass is 10.1. The van der Waals surface area contributed by atoms with Gasteiger partial charge in [-0.05, 0) is 38.0 Å². The third-order valence-electron chi connectivity index (χ3n) is 3.91. The standard InChI is InChI=1S/C20H25NO4/c1-13(2)12-25-20-10-16(6-7-19(20)24-5)18(23)11-21-14(3)8-17(22)9-15(21)4/h6-10,13H,11-12H2,1-5H3. The number of aryl methyl sites for hydroxylation is 2. The van der Waals surface area contributed by atoms with Gasteiger partial charge in [0.15, 0.2) is 22.7 Å². The average Bonchev–Trinajstić information content (AvgIpc) is 2.55. The van der Waals surface area contributed by atoms with E-state index in [1.54, 1.807) is 25.3 Å². The summed E-state index contributed by atoms with van der Waals surface area (Å²) in [5, 5.41) is 0. The van der Waals surface area contributed by atoms with E-state index in [2.05, 4.69) is 13.8 Å². The van der Waals surface area contributed by atoms with E-state index in [4.69, 9.17) is 9.47 Å². The smallest absolute Gasteiger partial charge is 0.182 e. The molecule has 0 saturated heterocycles. The van der Waals surface area contributed by atoms with Gasteiger partial charge in [0.25, 0.3) is 0 Å². The molecule has 2 aromatic rings. The van der Waals surface area contributed by atoms with Gasteiger partial charge in [0, 0.05) is 29.1 Å². The Morgan fingerprint density at radius 2 is 1.72 bits per heavy atom. The van der Waals surface area contributed by atoms with Crippen LogP contribution in [0.4, 0.5) is 0 Å². The first-order valence-corrected chi connectivity index (χ1v) is 8.34. The summed E-state index contributed by atoms with van der Waals surface area (Å²) in [7, 11) is 1.58. The van der Waals surface area contributed by atoms with E-state index < -0.39 is 0 Å². The van der Waals surface area contributed by atoms with Crippen LogP contribution in [0.1, 0.15) is 35.6 Å². The number of rotatable bonds is 7. The number of ketones is 1. The predicted molar refractivity (Wildman–Crippen MR) is 97.8 cm³/mol. The van der Waals surface area contributed by atoms with Gasteiger partial charge >= 0.3 is 0 Å². The Kier molecular flexibility index (Phi) is 6.02. The summed E-state index contributed by atoms with van der Waals surface area (Å²) in [4.78, 5) is 24.2. The maximum Gasteiger partial charge on any atom is 0.182 e. The highest BCUT2D eigenvalue weighted by atomic mass is 16.5. The van der Waals surface area contributed by atoms with E-state index in [-0.39, 0.29) is 17.8 Å². The molecule has 1 heterocycles. The van der Waals surface area contributed by atoms with Crippen molar-refractivity contribution in [2.24, 2.45) is 5.92 Å². The predicted octanol–water partition coefficient (Wildman–Crippen LogP) is 3.39. The number of hydrogen-bond acceptors (Lipinski definition) is 4. The molecule has 2 rings (SSSR count). The zero-order chi connectivity index (χ0) is 18.6. The van der Waals surface area contributed by atoms with E-state index in [9.17, 15) is 9.59 Å². The molecule has 0 fully saturated rings. The van der Waals surface area contributed by atoms with Gasteiger partial charge in [0.2, 0.25) is 0 Å². The fourth-order valence-corrected chi connectivity index (χ4v) is 2.59. The van der Waals surface area contributed by atoms with Crippen molar-refractivity contribution in [2.45, 2.75) is 34.2 Å². The summed E-state index contributed by atoms with van der Waals surface area (Å²) in [5.74, 6) is 1.49. The molecule has 5 heteroatoms. The Hall–Kier alpha value is -2.56. The monoisotopic (exact) mass is 343 g/mol. The van der Waals surface area contributed by atoms with Crippen molar-refractivity contribution in [2.75, 3.05) is 13.7 Å². The summed E-state index contributed by atoms with van der Waals surface area (Å²) >= 11 is 0. The van der Waals surface area contributed by atoms with Crippen LogP contribution in [0.25, 0.3) is 0 Å². The van der Waals surface area contributed by atoms with Crippen LogP contribution in [-0.2, 0) is 6.54 Å². The Morgan fingerprint density at radius 3 is 2.28 bits per heavy atom. The number of ether oxygens (including phenoxy) is 2. The molecule has 0 aliphatic rings. The molecule has 0 N–H and O–H groups in total. The minimum Gasteiger partial charge on any atom is -0.493 e. The van der Waals surface area contributed by atoms with Crippen molar-refractivity contribution in [1.82, 2.24) is 4.57 Å². The van der Waals surface area contributed by atoms with Crippen molar-refractivity contribution >= 4 is 5.78 Å². The molecular formula is C20H25NO4. The highest BCUT2D eigenvalue weighted by Crippen LogP contribution is 2.29. The van der Waals surface area contributed by atoms with Gasteiger partial charge in [-0.1, -0.05) is 13.8 Å². The van der Waals surface area contributed by atoms with Crippen LogP contribution >= 0.6 is 0 Å². The number of aromatic nitrogens is 1. The second-order valence-electron chi connectivity index (χ2n) is 6.55. The number of Topliss-reactive ketones (excluding diaryl/α,β-unsaturated/α-hetero) is 1. The molecule has 0 bridgehead atoms. The molecule has 0 spiro atoms. The lowest BCUT2D eigenvalue weighted by Gasteiger charge is -2.15. The van der Waals surface area contributed by atoms with Crippen molar-refractivity contribution in [3.05, 3.63) is 57.5 Å². The number of hydrogen-bond donors (Lipinski definition) is 0. The summed E-state index contributed by atoms with van der Waals surface area (Å²) in [6.07, 6.45) is 0. The normalized spacial score (nSPS) is 10.8. The lowest BCUT2D eigenvalue weighted by molar-refractivity contribution is 0.0969. The first-order chi connectivity index (χ1) is 11.8. The Bertz CT molecular complexity index is 795. The third kappa shape index (κ3) is 4.72. The average molecular weight is 343 g/mol. The van der Waals surface area contributed by atoms with Gasteiger partial charge in [-0.2, -0.15) is 0 Å². The summed E-state index contributed by atoms with van der Waals surface area (Å²) in [5.41, 5.74) is 2.04. The SMILES string of the molecule is COc1ccc(C(=O)Cn2c(C)cc(=O)cc2C)cc1OCC(C)C. The number of carbonyl (C=O) groups excluding carboxylic acids is 1. The zero-order valence-corrected chi connectivity index (χ0v) is 15.5. The second-order valence-corrected chi connectivity index (χ2v) is 6.55. The molecule has 0 atom stereocenters. The first-order valence-electron chi connectivity index (χ1n) is 8.34. The van der Waals surface area contributed by atoms with Crippen molar-refractivity contribution in [1.29, 1.82) is 0 Å². The van der Waals surface area contributed by atoms with Gasteiger partial charge < -0.3 is 14.0 Å². The van der Waals surface area contributed by atoms with Gasteiger partial charge in [-0.25, -0.2) is 0 Å². The van der Waals surface area contributed by atoms with Crippen LogP contribution in [0.5, 0.6) is 11.5 Å². The quantitative estimate of drug-likeness (QED) is 0.723. The third-order valence-corrected chi connectivity index (χ3v) is 3.91. The maximum absolute atomic E-state index is 12.7. The summed E-state index contributed by atoms with van der Waals surface area (Å²) < 4.78 is 12.9. The number of benzene rings is 1. The molecule has 0 aliphatic heterocycles. The molecule has 0 radical (unpaired) electrons. The topological polar surface area (TPSA) is 57.5 Å². The van der Waals surface area contributed by atoms with E-state index in [1.165, 1.54) is 12.1 Å². The molecule has 1 aromatic heterocycles. The summed E-state index contributed by atoms with van der Waals surface area (Å²) in [6, 6.07) is 8.26. The Morgan fingerprint density at radius 1 is 1.08 bits per heavy atom. The van der Waals surface area contributed by atoms with Crippen LogP contribution in [0.2, 0.25) is 0 Å². The van der Waals surface area contributed by atoms with Crippen LogP contribution in [0.15, 0.2) is 35.1 Å².